The topological polar surface area (TPSA) is 20.2 Å². The fraction of sp³-hybridized carbons (Fsp3) is 0.308. The number of benzene rings is 3. The van der Waals surface area contributed by atoms with Crippen molar-refractivity contribution in [3.8, 4) is 28.0 Å². The number of hydrogen-bond acceptors (Lipinski definition) is 1. The van der Waals surface area contributed by atoms with E-state index in [1.807, 2.05) is 36.4 Å². The van der Waals surface area contributed by atoms with Crippen molar-refractivity contribution in [1.82, 2.24) is 0 Å². The van der Waals surface area contributed by atoms with E-state index in [1.54, 1.807) is 0 Å². The van der Waals surface area contributed by atoms with E-state index in [0.29, 0.717) is 5.75 Å². The van der Waals surface area contributed by atoms with Crippen molar-refractivity contribution in [2.75, 3.05) is 0 Å². The fourth-order valence-corrected chi connectivity index (χ4v) is 3.65. The van der Waals surface area contributed by atoms with Gasteiger partial charge >= 0.3 is 0 Å². The molecule has 0 unspecified atom stereocenters. The zero-order chi connectivity index (χ0) is 19.8. The van der Waals surface area contributed by atoms with Crippen LogP contribution in [-0.4, -0.2) is 5.11 Å². The van der Waals surface area contributed by atoms with Crippen LogP contribution in [0.4, 0.5) is 0 Å². The van der Waals surface area contributed by atoms with Crippen LogP contribution in [0.2, 0.25) is 0 Å². The van der Waals surface area contributed by atoms with Crippen LogP contribution >= 0.6 is 0 Å². The zero-order valence-electron chi connectivity index (χ0n) is 17.3. The smallest absolute Gasteiger partial charge is 0.131 e. The fourth-order valence-electron chi connectivity index (χ4n) is 3.65. The van der Waals surface area contributed by atoms with Gasteiger partial charge in [-0.05, 0) is 33.1 Å². The molecule has 0 aromatic heterocycles. The van der Waals surface area contributed by atoms with E-state index in [-0.39, 0.29) is 10.8 Å². The Morgan fingerprint density at radius 3 is 1.19 bits per heavy atom. The highest BCUT2D eigenvalue weighted by atomic mass is 16.3. The predicted octanol–water partition coefficient (Wildman–Crippen LogP) is 7.32. The van der Waals surface area contributed by atoms with E-state index < -0.39 is 0 Å². The first kappa shape index (κ1) is 19.2. The summed E-state index contributed by atoms with van der Waals surface area (Å²) >= 11 is 0. The summed E-state index contributed by atoms with van der Waals surface area (Å²) in [4.78, 5) is 0. The highest BCUT2D eigenvalue weighted by Crippen LogP contribution is 2.49. The lowest BCUT2D eigenvalue weighted by atomic mass is 9.73. The quantitative estimate of drug-likeness (QED) is 0.509. The molecule has 0 amide bonds. The Labute approximate surface area is 163 Å². The molecule has 0 spiro atoms. The maximum Gasteiger partial charge on any atom is 0.131 e. The van der Waals surface area contributed by atoms with Crippen LogP contribution in [0.1, 0.15) is 52.7 Å². The Morgan fingerprint density at radius 1 is 0.556 bits per heavy atom. The number of rotatable bonds is 2. The Morgan fingerprint density at radius 2 is 0.889 bits per heavy atom. The largest absolute Gasteiger partial charge is 0.507 e. The Kier molecular flexibility index (Phi) is 4.90. The highest BCUT2D eigenvalue weighted by Gasteiger charge is 2.30. The average Bonchev–Trinajstić information content (AvgIpc) is 2.60. The first-order chi connectivity index (χ1) is 12.6. The van der Waals surface area contributed by atoms with Crippen molar-refractivity contribution in [1.29, 1.82) is 0 Å². The molecule has 0 heterocycles. The van der Waals surface area contributed by atoms with Crippen molar-refractivity contribution < 1.29 is 5.11 Å². The first-order valence-electron chi connectivity index (χ1n) is 9.62. The summed E-state index contributed by atoms with van der Waals surface area (Å²) in [5.41, 5.74) is 6.17. The lowest BCUT2D eigenvalue weighted by molar-refractivity contribution is 0.471. The molecular weight excluding hydrogens is 328 g/mol. The Hall–Kier alpha value is -2.54. The monoisotopic (exact) mass is 358 g/mol. The van der Waals surface area contributed by atoms with E-state index in [2.05, 4.69) is 71.9 Å². The minimum absolute atomic E-state index is 0.0854. The molecule has 0 radical (unpaired) electrons. The zero-order valence-corrected chi connectivity index (χ0v) is 17.3. The summed E-state index contributed by atoms with van der Waals surface area (Å²) in [6.45, 7) is 13.3. The summed E-state index contributed by atoms with van der Waals surface area (Å²) in [5.74, 6) is 0.379. The van der Waals surface area contributed by atoms with Gasteiger partial charge in [-0.3, -0.25) is 0 Å². The third-order valence-electron chi connectivity index (χ3n) is 5.04. The molecule has 1 N–H and O–H groups in total. The van der Waals surface area contributed by atoms with Gasteiger partial charge in [0.25, 0.3) is 0 Å². The van der Waals surface area contributed by atoms with Crippen LogP contribution in [0.3, 0.4) is 0 Å². The number of aromatic hydroxyl groups is 1. The molecule has 0 fully saturated rings. The molecule has 3 aromatic rings. The van der Waals surface area contributed by atoms with Crippen molar-refractivity contribution in [3.63, 3.8) is 0 Å². The van der Waals surface area contributed by atoms with E-state index >= 15 is 0 Å². The van der Waals surface area contributed by atoms with Crippen molar-refractivity contribution in [3.05, 3.63) is 77.9 Å². The van der Waals surface area contributed by atoms with Gasteiger partial charge in [0.15, 0.2) is 0 Å². The second-order valence-corrected chi connectivity index (χ2v) is 9.30. The molecule has 1 nitrogen and oxygen atoms in total. The Bertz CT molecular complexity index is 848. The highest BCUT2D eigenvalue weighted by molar-refractivity contribution is 5.87. The lowest BCUT2D eigenvalue weighted by Crippen LogP contribution is -2.19. The molecule has 0 saturated heterocycles. The molecule has 0 atom stereocenters. The van der Waals surface area contributed by atoms with Crippen molar-refractivity contribution >= 4 is 0 Å². The molecular formula is C26H30O. The van der Waals surface area contributed by atoms with E-state index in [0.717, 1.165) is 22.3 Å². The predicted molar refractivity (Wildman–Crippen MR) is 116 cm³/mol. The molecule has 140 valence electrons. The first-order valence-corrected chi connectivity index (χ1v) is 9.62. The second kappa shape index (κ2) is 6.88. The van der Waals surface area contributed by atoms with E-state index in [4.69, 9.17) is 0 Å². The molecule has 0 aliphatic rings. The second-order valence-electron chi connectivity index (χ2n) is 9.30. The third-order valence-corrected chi connectivity index (χ3v) is 5.04. The minimum Gasteiger partial charge on any atom is -0.507 e. The molecule has 27 heavy (non-hydrogen) atoms. The normalized spacial score (nSPS) is 12.2. The van der Waals surface area contributed by atoms with Crippen LogP contribution in [0.5, 0.6) is 5.75 Å². The third kappa shape index (κ3) is 3.78. The summed E-state index contributed by atoms with van der Waals surface area (Å²) < 4.78 is 0. The van der Waals surface area contributed by atoms with Crippen molar-refractivity contribution in [2.24, 2.45) is 0 Å². The van der Waals surface area contributed by atoms with Crippen molar-refractivity contribution in [2.45, 2.75) is 52.4 Å². The summed E-state index contributed by atoms with van der Waals surface area (Å²) in [5, 5.41) is 11.6. The summed E-state index contributed by atoms with van der Waals surface area (Å²) in [7, 11) is 0. The molecule has 1 heteroatoms. The molecule has 3 aromatic carbocycles. The summed E-state index contributed by atoms with van der Waals surface area (Å²) in [6, 6.07) is 22.8. The molecule has 0 saturated carbocycles. The minimum atomic E-state index is -0.0854. The van der Waals surface area contributed by atoms with E-state index in [9.17, 15) is 5.11 Å². The lowest BCUT2D eigenvalue weighted by Gasteiger charge is -2.31. The molecule has 3 rings (SSSR count). The maximum atomic E-state index is 11.6. The van der Waals surface area contributed by atoms with Gasteiger partial charge in [-0.25, -0.2) is 0 Å². The van der Waals surface area contributed by atoms with Gasteiger partial charge in [0, 0.05) is 11.1 Å². The Balaban J connectivity index is 2.47. The van der Waals surface area contributed by atoms with Gasteiger partial charge < -0.3 is 5.11 Å². The van der Waals surface area contributed by atoms with Gasteiger partial charge in [-0.15, -0.1) is 0 Å². The van der Waals surface area contributed by atoms with Gasteiger partial charge in [0.05, 0.1) is 0 Å². The maximum absolute atomic E-state index is 11.6. The molecule has 0 aliphatic heterocycles. The van der Waals surface area contributed by atoms with Crippen LogP contribution < -0.4 is 0 Å². The van der Waals surface area contributed by atoms with Crippen LogP contribution in [0.15, 0.2) is 66.7 Å². The molecule has 0 aliphatic carbocycles. The standard InChI is InChI=1S/C26H30O/c1-25(2,3)20-17-21(26(4,5)6)23(19-15-11-8-12-16-19)24(27)22(20)18-13-9-7-10-14-18/h7-17,27H,1-6H3. The van der Waals surface area contributed by atoms with E-state index in [1.165, 1.54) is 11.1 Å². The van der Waals surface area contributed by atoms with Gasteiger partial charge in [-0.2, -0.15) is 0 Å². The number of hydrogen-bond donors (Lipinski definition) is 1. The van der Waals surface area contributed by atoms with Gasteiger partial charge in [-0.1, -0.05) is 108 Å². The SMILES string of the molecule is CC(C)(C)c1cc(C(C)(C)C)c(-c2ccccc2)c(O)c1-c1ccccc1. The van der Waals surface area contributed by atoms with Crippen LogP contribution in [0, 0.1) is 0 Å². The number of phenols is 1. The molecule has 0 bridgehead atoms. The van der Waals surface area contributed by atoms with Crippen LogP contribution in [0.25, 0.3) is 22.3 Å². The van der Waals surface area contributed by atoms with Crippen LogP contribution in [-0.2, 0) is 10.8 Å². The summed E-state index contributed by atoms with van der Waals surface area (Å²) in [6.07, 6.45) is 0. The van der Waals surface area contributed by atoms with Gasteiger partial charge in [0.1, 0.15) is 5.75 Å². The van der Waals surface area contributed by atoms with Gasteiger partial charge in [0.2, 0.25) is 0 Å². The average molecular weight is 359 g/mol. The number of phenolic OH excluding ortho intramolecular Hbond substituents is 1.